The van der Waals surface area contributed by atoms with Crippen LogP contribution in [0, 0.1) is 0 Å². The van der Waals surface area contributed by atoms with E-state index in [1.807, 2.05) is 71.6 Å². The summed E-state index contributed by atoms with van der Waals surface area (Å²) >= 11 is 0. The molecule has 0 saturated carbocycles. The molecule has 3 aromatic carbocycles. The lowest BCUT2D eigenvalue weighted by atomic mass is 10.0. The highest BCUT2D eigenvalue weighted by atomic mass is 16.2. The molecule has 4 rings (SSSR count). The second-order valence-corrected chi connectivity index (χ2v) is 8.09. The monoisotopic (exact) mass is 430 g/mol. The topological polar surface area (TPSA) is 64.7 Å². The Kier molecular flexibility index (Phi) is 6.90. The number of carbonyl (C=O) groups excluding carboxylic acids is 2. The molecule has 0 bridgehead atoms. The standard InChI is InChI=1S/C26H30N4O2/c1-2-3-15-27-26(32)30-18-16-29(17-19-30)22-13-11-21(12-14-22)28-25(31)24-10-6-8-20-7-4-5-9-23(20)24/h4-14H,2-3,15-19H2,1H3,(H,27,32)(H,28,31). The molecule has 1 fully saturated rings. The molecule has 3 aromatic rings. The highest BCUT2D eigenvalue weighted by Crippen LogP contribution is 2.22. The molecule has 0 aliphatic carbocycles. The maximum absolute atomic E-state index is 12.8. The van der Waals surface area contributed by atoms with Crippen LogP contribution in [0.2, 0.25) is 0 Å². The smallest absolute Gasteiger partial charge is 0.317 e. The fourth-order valence-electron chi connectivity index (χ4n) is 4.03. The average molecular weight is 431 g/mol. The van der Waals surface area contributed by atoms with Crippen LogP contribution in [0.15, 0.2) is 66.7 Å². The third-order valence-electron chi connectivity index (χ3n) is 5.90. The molecule has 32 heavy (non-hydrogen) atoms. The third-order valence-corrected chi connectivity index (χ3v) is 5.90. The second kappa shape index (κ2) is 10.2. The van der Waals surface area contributed by atoms with Crippen LogP contribution in [0.4, 0.5) is 16.2 Å². The van der Waals surface area contributed by atoms with Gasteiger partial charge < -0.3 is 20.4 Å². The van der Waals surface area contributed by atoms with Crippen LogP contribution in [0.5, 0.6) is 0 Å². The van der Waals surface area contributed by atoms with E-state index in [4.69, 9.17) is 0 Å². The number of fused-ring (bicyclic) bond motifs is 1. The van der Waals surface area contributed by atoms with Crippen molar-refractivity contribution in [3.8, 4) is 0 Å². The Balaban J connectivity index is 1.34. The average Bonchev–Trinajstić information content (AvgIpc) is 2.84. The number of nitrogens with zero attached hydrogens (tertiary/aromatic N) is 2. The summed E-state index contributed by atoms with van der Waals surface area (Å²) < 4.78 is 0. The zero-order valence-electron chi connectivity index (χ0n) is 18.5. The van der Waals surface area contributed by atoms with Gasteiger partial charge in [0.15, 0.2) is 0 Å². The summed E-state index contributed by atoms with van der Waals surface area (Å²) in [5.74, 6) is -0.114. The number of unbranched alkanes of at least 4 members (excludes halogenated alkanes) is 1. The third kappa shape index (κ3) is 5.02. The molecule has 166 valence electrons. The Morgan fingerprint density at radius 2 is 1.59 bits per heavy atom. The molecule has 1 saturated heterocycles. The molecule has 0 aromatic heterocycles. The quantitative estimate of drug-likeness (QED) is 0.556. The summed E-state index contributed by atoms with van der Waals surface area (Å²) in [5, 5.41) is 7.99. The zero-order valence-corrected chi connectivity index (χ0v) is 18.5. The molecule has 1 heterocycles. The molecule has 0 radical (unpaired) electrons. The fraction of sp³-hybridized carbons (Fsp3) is 0.308. The minimum absolute atomic E-state index is 0.0320. The summed E-state index contributed by atoms with van der Waals surface area (Å²) in [6.45, 7) is 5.85. The highest BCUT2D eigenvalue weighted by molar-refractivity contribution is 6.12. The maximum atomic E-state index is 12.8. The van der Waals surface area contributed by atoms with Crippen molar-refractivity contribution in [2.24, 2.45) is 0 Å². The Bertz CT molecular complexity index is 1070. The number of hydrogen-bond donors (Lipinski definition) is 2. The molecule has 1 aliphatic heterocycles. The van der Waals surface area contributed by atoms with E-state index in [9.17, 15) is 9.59 Å². The van der Waals surface area contributed by atoms with Crippen LogP contribution in [-0.4, -0.2) is 49.6 Å². The number of carbonyl (C=O) groups is 2. The number of anilines is 2. The number of hydrogen-bond acceptors (Lipinski definition) is 3. The molecule has 2 N–H and O–H groups in total. The molecule has 6 heteroatoms. The van der Waals surface area contributed by atoms with Gasteiger partial charge in [0.2, 0.25) is 0 Å². The van der Waals surface area contributed by atoms with Gasteiger partial charge >= 0.3 is 6.03 Å². The first kappa shape index (κ1) is 21.7. The molecule has 0 spiro atoms. The number of piperazine rings is 1. The van der Waals surface area contributed by atoms with Crippen LogP contribution in [0.1, 0.15) is 30.1 Å². The Hall–Kier alpha value is -3.54. The van der Waals surface area contributed by atoms with Gasteiger partial charge in [-0.15, -0.1) is 0 Å². The minimum Gasteiger partial charge on any atom is -0.368 e. The number of rotatable bonds is 6. The highest BCUT2D eigenvalue weighted by Gasteiger charge is 2.21. The van der Waals surface area contributed by atoms with Gasteiger partial charge in [0.05, 0.1) is 0 Å². The molecule has 3 amide bonds. The van der Waals surface area contributed by atoms with Gasteiger partial charge in [0, 0.05) is 49.7 Å². The number of nitrogens with one attached hydrogen (secondary N) is 2. The summed E-state index contributed by atoms with van der Waals surface area (Å²) in [7, 11) is 0. The predicted molar refractivity (Wildman–Crippen MR) is 130 cm³/mol. The van der Waals surface area contributed by atoms with E-state index in [2.05, 4.69) is 22.5 Å². The van der Waals surface area contributed by atoms with Crippen LogP contribution in [0.25, 0.3) is 10.8 Å². The first-order valence-corrected chi connectivity index (χ1v) is 11.3. The van der Waals surface area contributed by atoms with Crippen molar-refractivity contribution >= 4 is 34.1 Å². The summed E-state index contributed by atoms with van der Waals surface area (Å²) in [6, 6.07) is 21.6. The van der Waals surface area contributed by atoms with Crippen molar-refractivity contribution < 1.29 is 9.59 Å². The Labute approximate surface area is 189 Å². The maximum Gasteiger partial charge on any atom is 0.317 e. The Morgan fingerprint density at radius 3 is 2.34 bits per heavy atom. The molecule has 6 nitrogen and oxygen atoms in total. The van der Waals surface area contributed by atoms with Crippen molar-refractivity contribution in [1.82, 2.24) is 10.2 Å². The van der Waals surface area contributed by atoms with E-state index < -0.39 is 0 Å². The molecule has 0 atom stereocenters. The molecule has 1 aliphatic rings. The van der Waals surface area contributed by atoms with E-state index in [1.165, 1.54) is 0 Å². The largest absolute Gasteiger partial charge is 0.368 e. The molecular weight excluding hydrogens is 400 g/mol. The van der Waals surface area contributed by atoms with Gasteiger partial charge in [-0.1, -0.05) is 49.7 Å². The van der Waals surface area contributed by atoms with Crippen LogP contribution in [0.3, 0.4) is 0 Å². The lowest BCUT2D eigenvalue weighted by Gasteiger charge is -2.36. The van der Waals surface area contributed by atoms with E-state index in [-0.39, 0.29) is 11.9 Å². The fourth-order valence-corrected chi connectivity index (χ4v) is 4.03. The van der Waals surface area contributed by atoms with Crippen LogP contribution >= 0.6 is 0 Å². The van der Waals surface area contributed by atoms with Crippen LogP contribution < -0.4 is 15.5 Å². The Morgan fingerprint density at radius 1 is 0.875 bits per heavy atom. The van der Waals surface area contributed by atoms with E-state index in [1.54, 1.807) is 0 Å². The van der Waals surface area contributed by atoms with Gasteiger partial charge in [-0.2, -0.15) is 0 Å². The normalized spacial score (nSPS) is 13.8. The van der Waals surface area contributed by atoms with Crippen molar-refractivity contribution in [1.29, 1.82) is 0 Å². The van der Waals surface area contributed by atoms with Gasteiger partial charge in [0.1, 0.15) is 0 Å². The summed E-state index contributed by atoms with van der Waals surface area (Å²) in [5.41, 5.74) is 2.53. The van der Waals surface area contributed by atoms with Crippen molar-refractivity contribution in [3.63, 3.8) is 0 Å². The van der Waals surface area contributed by atoms with Gasteiger partial charge in [-0.05, 0) is 47.5 Å². The molecular formula is C26H30N4O2. The van der Waals surface area contributed by atoms with Crippen molar-refractivity contribution in [2.75, 3.05) is 42.9 Å². The van der Waals surface area contributed by atoms with Crippen molar-refractivity contribution in [3.05, 3.63) is 72.3 Å². The number of urea groups is 1. The molecule has 0 unspecified atom stereocenters. The number of benzene rings is 3. The lowest BCUT2D eigenvalue weighted by Crippen LogP contribution is -2.52. The zero-order chi connectivity index (χ0) is 22.3. The minimum atomic E-state index is -0.114. The second-order valence-electron chi connectivity index (χ2n) is 8.09. The lowest BCUT2D eigenvalue weighted by molar-refractivity contribution is 0.102. The first-order valence-electron chi connectivity index (χ1n) is 11.3. The van der Waals surface area contributed by atoms with Gasteiger partial charge in [-0.25, -0.2) is 4.79 Å². The first-order chi connectivity index (χ1) is 15.7. The van der Waals surface area contributed by atoms with E-state index in [0.717, 1.165) is 54.6 Å². The SMILES string of the molecule is CCCCNC(=O)N1CCN(c2ccc(NC(=O)c3cccc4ccccc34)cc2)CC1. The predicted octanol–water partition coefficient (Wildman–Crippen LogP) is 4.72. The number of amides is 3. The van der Waals surface area contributed by atoms with Crippen LogP contribution in [-0.2, 0) is 0 Å². The van der Waals surface area contributed by atoms with E-state index in [0.29, 0.717) is 18.7 Å². The van der Waals surface area contributed by atoms with Gasteiger partial charge in [0.25, 0.3) is 5.91 Å². The van der Waals surface area contributed by atoms with Crippen molar-refractivity contribution in [2.45, 2.75) is 19.8 Å². The summed E-state index contributed by atoms with van der Waals surface area (Å²) in [4.78, 5) is 29.2. The van der Waals surface area contributed by atoms with E-state index >= 15 is 0 Å². The summed E-state index contributed by atoms with van der Waals surface area (Å²) in [6.07, 6.45) is 2.08. The van der Waals surface area contributed by atoms with Gasteiger partial charge in [-0.3, -0.25) is 4.79 Å².